The van der Waals surface area contributed by atoms with Crippen molar-refractivity contribution < 1.29 is 18.9 Å². The Morgan fingerprint density at radius 2 is 1.04 bits per heavy atom. The lowest BCUT2D eigenvalue weighted by Crippen LogP contribution is -2.03. The highest BCUT2D eigenvalue weighted by atomic mass is 31.2. The van der Waals surface area contributed by atoms with E-state index < -0.39 is 7.82 Å². The van der Waals surface area contributed by atoms with Crippen LogP contribution in [0.5, 0.6) is 0 Å². The molecule has 0 saturated heterocycles. The van der Waals surface area contributed by atoms with Crippen molar-refractivity contribution in [1.82, 2.24) is 0 Å². The Balaban J connectivity index is 3.57. The van der Waals surface area contributed by atoms with Crippen LogP contribution in [0.2, 0.25) is 0 Å². The molecule has 0 heterocycles. The smallest absolute Gasteiger partial charge is 0.303 e. The molecule has 0 aromatic carbocycles. The minimum atomic E-state index is -4.30. The molecule has 5 heteroatoms. The molecule has 0 bridgehead atoms. The Labute approximate surface area is 156 Å². The van der Waals surface area contributed by atoms with Crippen LogP contribution in [0.15, 0.2) is 0 Å². The van der Waals surface area contributed by atoms with Gasteiger partial charge >= 0.3 is 7.82 Å². The molecule has 0 amide bonds. The van der Waals surface area contributed by atoms with Gasteiger partial charge in [0.2, 0.25) is 0 Å². The minimum absolute atomic E-state index is 0.149. The van der Waals surface area contributed by atoms with Crippen molar-refractivity contribution in [1.29, 1.82) is 0 Å². The van der Waals surface area contributed by atoms with E-state index in [9.17, 15) is 4.57 Å². The zero-order chi connectivity index (χ0) is 19.3. The first-order chi connectivity index (χ1) is 11.6. The predicted octanol–water partition coefficient (Wildman–Crippen LogP) is 6.56. The summed E-state index contributed by atoms with van der Waals surface area (Å²) < 4.78 is 15.1. The summed E-state index contributed by atoms with van der Waals surface area (Å²) in [5.41, 5.74) is 0. The summed E-state index contributed by atoms with van der Waals surface area (Å²) in [5, 5.41) is 0. The third-order valence-corrected chi connectivity index (χ3v) is 5.66. The molecule has 3 atom stereocenters. The fraction of sp³-hybridized carbons (Fsp3) is 1.00. The van der Waals surface area contributed by atoms with Crippen molar-refractivity contribution in [3.05, 3.63) is 0 Å². The molecule has 3 unspecified atom stereocenters. The highest BCUT2D eigenvalue weighted by Crippen LogP contribution is 2.36. The van der Waals surface area contributed by atoms with Crippen LogP contribution in [0.4, 0.5) is 0 Å². The molecule has 0 aromatic heterocycles. The van der Waals surface area contributed by atoms with Crippen LogP contribution in [0, 0.1) is 23.7 Å². The zero-order valence-corrected chi connectivity index (χ0v) is 18.1. The van der Waals surface area contributed by atoms with Gasteiger partial charge < -0.3 is 9.79 Å². The van der Waals surface area contributed by atoms with Gasteiger partial charge in [-0.05, 0) is 30.1 Å². The molecule has 0 saturated carbocycles. The van der Waals surface area contributed by atoms with Gasteiger partial charge in [0, 0.05) is 0 Å². The van der Waals surface area contributed by atoms with Crippen molar-refractivity contribution in [2.75, 3.05) is 6.61 Å². The molecule has 0 aromatic rings. The first-order valence-electron chi connectivity index (χ1n) is 10.3. The molecule has 0 aliphatic rings. The van der Waals surface area contributed by atoms with E-state index in [2.05, 4.69) is 39.1 Å². The standard InChI is InChI=1S/C20H43O4P/c1-17(2)9-6-10-18(3)11-7-12-19(4)13-8-14-20(5)15-16-24-25(21,22)23/h17-20H,6-16H2,1-5H3,(H2,21,22,23). The molecule has 0 spiro atoms. The summed E-state index contributed by atoms with van der Waals surface area (Å²) in [6, 6.07) is 0. The van der Waals surface area contributed by atoms with Crippen molar-refractivity contribution >= 4 is 7.82 Å². The lowest BCUT2D eigenvalue weighted by Gasteiger charge is -2.16. The normalized spacial score (nSPS) is 16.2. The molecule has 0 aliphatic carbocycles. The lowest BCUT2D eigenvalue weighted by atomic mass is 9.91. The van der Waals surface area contributed by atoms with Crippen LogP contribution < -0.4 is 0 Å². The van der Waals surface area contributed by atoms with E-state index in [-0.39, 0.29) is 6.61 Å². The van der Waals surface area contributed by atoms with Crippen molar-refractivity contribution in [3.8, 4) is 0 Å². The van der Waals surface area contributed by atoms with Gasteiger partial charge in [0.15, 0.2) is 0 Å². The highest BCUT2D eigenvalue weighted by Gasteiger charge is 2.14. The highest BCUT2D eigenvalue weighted by molar-refractivity contribution is 7.46. The van der Waals surface area contributed by atoms with Crippen LogP contribution in [0.1, 0.15) is 98.8 Å². The second-order valence-electron chi connectivity index (χ2n) is 8.61. The summed E-state index contributed by atoms with van der Waals surface area (Å²) in [4.78, 5) is 17.3. The maximum absolute atomic E-state index is 10.6. The van der Waals surface area contributed by atoms with Gasteiger partial charge in [-0.15, -0.1) is 0 Å². The molecule has 2 N–H and O–H groups in total. The Hall–Kier alpha value is 0.110. The molecular formula is C20H43O4P. The van der Waals surface area contributed by atoms with E-state index in [4.69, 9.17) is 9.79 Å². The van der Waals surface area contributed by atoms with Gasteiger partial charge in [-0.3, -0.25) is 4.52 Å². The Morgan fingerprint density at radius 3 is 1.40 bits per heavy atom. The summed E-state index contributed by atoms with van der Waals surface area (Å²) in [7, 11) is -4.30. The second kappa shape index (κ2) is 14.2. The molecule has 25 heavy (non-hydrogen) atoms. The van der Waals surface area contributed by atoms with E-state index >= 15 is 0 Å². The fourth-order valence-electron chi connectivity index (χ4n) is 3.31. The van der Waals surface area contributed by atoms with Crippen LogP contribution in [0.3, 0.4) is 0 Å². The molecule has 0 fully saturated rings. The number of phosphoric ester groups is 1. The monoisotopic (exact) mass is 378 g/mol. The summed E-state index contributed by atoms with van der Waals surface area (Å²) >= 11 is 0. The van der Waals surface area contributed by atoms with E-state index in [1.807, 2.05) is 0 Å². The van der Waals surface area contributed by atoms with Crippen LogP contribution >= 0.6 is 7.82 Å². The first kappa shape index (κ1) is 25.1. The van der Waals surface area contributed by atoms with E-state index in [0.717, 1.165) is 24.2 Å². The molecule has 152 valence electrons. The lowest BCUT2D eigenvalue weighted by molar-refractivity contribution is 0.184. The SMILES string of the molecule is CC(C)CCCC(C)CCCC(C)CCCC(C)CCOP(=O)(O)O. The van der Waals surface area contributed by atoms with E-state index in [1.54, 1.807) is 0 Å². The van der Waals surface area contributed by atoms with Gasteiger partial charge in [0.1, 0.15) is 0 Å². The Kier molecular flexibility index (Phi) is 14.3. The Bertz CT molecular complexity index is 354. The molecule has 0 rings (SSSR count). The topological polar surface area (TPSA) is 66.8 Å². The van der Waals surface area contributed by atoms with Gasteiger partial charge in [-0.2, -0.15) is 0 Å². The van der Waals surface area contributed by atoms with E-state index in [1.165, 1.54) is 51.4 Å². The largest absolute Gasteiger partial charge is 0.469 e. The van der Waals surface area contributed by atoms with Crippen molar-refractivity contribution in [3.63, 3.8) is 0 Å². The fourth-order valence-corrected chi connectivity index (χ4v) is 3.65. The number of hydrogen-bond acceptors (Lipinski definition) is 2. The first-order valence-corrected chi connectivity index (χ1v) is 11.8. The van der Waals surface area contributed by atoms with Crippen LogP contribution in [-0.2, 0) is 9.09 Å². The number of rotatable bonds is 16. The van der Waals surface area contributed by atoms with Crippen molar-refractivity contribution in [2.45, 2.75) is 98.8 Å². The third kappa shape index (κ3) is 18.7. The van der Waals surface area contributed by atoms with Crippen LogP contribution in [0.25, 0.3) is 0 Å². The van der Waals surface area contributed by atoms with Crippen LogP contribution in [-0.4, -0.2) is 16.4 Å². The van der Waals surface area contributed by atoms with Gasteiger partial charge in [-0.25, -0.2) is 4.57 Å². The summed E-state index contributed by atoms with van der Waals surface area (Å²) in [6.45, 7) is 11.6. The van der Waals surface area contributed by atoms with E-state index in [0.29, 0.717) is 12.3 Å². The second-order valence-corrected chi connectivity index (χ2v) is 9.85. The molecule has 0 aliphatic heterocycles. The average molecular weight is 379 g/mol. The molecule has 0 radical (unpaired) electrons. The van der Waals surface area contributed by atoms with Gasteiger partial charge in [-0.1, -0.05) is 92.4 Å². The average Bonchev–Trinajstić information content (AvgIpc) is 2.45. The Morgan fingerprint density at radius 1 is 0.680 bits per heavy atom. The number of phosphoric acid groups is 1. The van der Waals surface area contributed by atoms with Gasteiger partial charge in [0.05, 0.1) is 6.61 Å². The third-order valence-electron chi connectivity index (χ3n) is 5.14. The minimum Gasteiger partial charge on any atom is -0.303 e. The molecule has 4 nitrogen and oxygen atoms in total. The molecular weight excluding hydrogens is 335 g/mol. The summed E-state index contributed by atoms with van der Waals surface area (Å²) in [5.74, 6) is 2.93. The zero-order valence-electron chi connectivity index (χ0n) is 17.2. The maximum Gasteiger partial charge on any atom is 0.469 e. The number of hydrogen-bond donors (Lipinski definition) is 2. The predicted molar refractivity (Wildman–Crippen MR) is 106 cm³/mol. The summed E-state index contributed by atoms with van der Waals surface area (Å²) in [6.07, 6.45) is 12.4. The van der Waals surface area contributed by atoms with Gasteiger partial charge in [0.25, 0.3) is 0 Å². The quantitative estimate of drug-likeness (QED) is 0.298. The maximum atomic E-state index is 10.6. The van der Waals surface area contributed by atoms with Crippen molar-refractivity contribution in [2.24, 2.45) is 23.7 Å².